The molecule has 1 N–H and O–H groups in total. The van der Waals surface area contributed by atoms with Crippen LogP contribution in [0.2, 0.25) is 0 Å². The van der Waals surface area contributed by atoms with Crippen molar-refractivity contribution in [2.45, 2.75) is 43.9 Å². The van der Waals surface area contributed by atoms with Crippen LogP contribution in [0.3, 0.4) is 0 Å². The molecule has 2 aliphatic heterocycles. The van der Waals surface area contributed by atoms with Gasteiger partial charge in [0.2, 0.25) is 0 Å². The Labute approximate surface area is 128 Å². The third kappa shape index (κ3) is 4.17. The molecule has 1 aliphatic carbocycles. The van der Waals surface area contributed by atoms with Crippen LogP contribution in [0, 0.1) is 5.92 Å². The molecule has 0 bridgehead atoms. The van der Waals surface area contributed by atoms with E-state index in [1.54, 1.807) is 7.11 Å². The summed E-state index contributed by atoms with van der Waals surface area (Å²) in [4.78, 5) is 2.52. The molecule has 122 valence electrons. The van der Waals surface area contributed by atoms with Gasteiger partial charge in [0.15, 0.2) is 5.79 Å². The lowest BCUT2D eigenvalue weighted by Gasteiger charge is -2.36. The highest BCUT2D eigenvalue weighted by Gasteiger charge is 2.40. The van der Waals surface area contributed by atoms with Gasteiger partial charge in [-0.1, -0.05) is 0 Å². The molecule has 1 spiro atoms. The summed E-state index contributed by atoms with van der Waals surface area (Å²) in [5, 5.41) is 3.78. The van der Waals surface area contributed by atoms with Gasteiger partial charge in [-0.2, -0.15) is 0 Å². The molecule has 0 amide bonds. The van der Waals surface area contributed by atoms with Crippen LogP contribution in [0.5, 0.6) is 0 Å². The Balaban J connectivity index is 1.32. The van der Waals surface area contributed by atoms with Gasteiger partial charge in [0.05, 0.1) is 19.8 Å². The van der Waals surface area contributed by atoms with Gasteiger partial charge in [0.1, 0.15) is 0 Å². The fourth-order valence-corrected chi connectivity index (χ4v) is 3.88. The molecule has 2 heterocycles. The summed E-state index contributed by atoms with van der Waals surface area (Å²) in [7, 11) is 1.78. The van der Waals surface area contributed by atoms with E-state index in [1.807, 2.05) is 0 Å². The number of methoxy groups -OCH3 is 1. The van der Waals surface area contributed by atoms with E-state index in [0.717, 1.165) is 51.7 Å². The minimum absolute atomic E-state index is 0.220. The molecule has 0 aromatic carbocycles. The molecule has 3 rings (SSSR count). The average molecular weight is 298 g/mol. The van der Waals surface area contributed by atoms with Gasteiger partial charge in [0.25, 0.3) is 0 Å². The first-order valence-electron chi connectivity index (χ1n) is 8.52. The molecule has 3 aliphatic rings. The van der Waals surface area contributed by atoms with E-state index in [9.17, 15) is 0 Å². The van der Waals surface area contributed by atoms with Crippen LogP contribution in [0.1, 0.15) is 32.1 Å². The highest BCUT2D eigenvalue weighted by Crippen LogP contribution is 2.35. The van der Waals surface area contributed by atoms with Crippen LogP contribution >= 0.6 is 0 Å². The van der Waals surface area contributed by atoms with Crippen molar-refractivity contribution >= 4 is 0 Å². The average Bonchev–Trinajstić information content (AvgIpc) is 3.15. The summed E-state index contributed by atoms with van der Waals surface area (Å²) in [6.07, 6.45) is 5.78. The van der Waals surface area contributed by atoms with Crippen molar-refractivity contribution < 1.29 is 14.2 Å². The van der Waals surface area contributed by atoms with Crippen LogP contribution in [-0.4, -0.2) is 69.8 Å². The summed E-state index contributed by atoms with van der Waals surface area (Å²) in [6, 6.07) is 0.649. The molecule has 21 heavy (non-hydrogen) atoms. The summed E-state index contributed by atoms with van der Waals surface area (Å²) in [5.41, 5.74) is 0. The summed E-state index contributed by atoms with van der Waals surface area (Å²) in [5.74, 6) is 0.583. The minimum atomic E-state index is -0.220. The van der Waals surface area contributed by atoms with Crippen LogP contribution < -0.4 is 5.32 Å². The molecule has 0 unspecified atom stereocenters. The minimum Gasteiger partial charge on any atom is -0.383 e. The zero-order valence-electron chi connectivity index (χ0n) is 13.3. The van der Waals surface area contributed by atoms with Gasteiger partial charge in [-0.25, -0.2) is 0 Å². The lowest BCUT2D eigenvalue weighted by atomic mass is 9.89. The van der Waals surface area contributed by atoms with E-state index >= 15 is 0 Å². The zero-order chi connectivity index (χ0) is 14.5. The van der Waals surface area contributed by atoms with Crippen molar-refractivity contribution in [1.29, 1.82) is 0 Å². The summed E-state index contributed by atoms with van der Waals surface area (Å²) in [6.45, 7) is 7.08. The Morgan fingerprint density at radius 2 is 1.95 bits per heavy atom. The summed E-state index contributed by atoms with van der Waals surface area (Å²) < 4.78 is 16.7. The molecule has 0 aromatic rings. The molecule has 0 radical (unpaired) electrons. The summed E-state index contributed by atoms with van der Waals surface area (Å²) >= 11 is 0. The van der Waals surface area contributed by atoms with Gasteiger partial charge < -0.3 is 24.4 Å². The highest BCUT2D eigenvalue weighted by atomic mass is 16.7. The smallest absolute Gasteiger partial charge is 0.168 e. The van der Waals surface area contributed by atoms with E-state index in [-0.39, 0.29) is 5.79 Å². The number of nitrogens with zero attached hydrogens (tertiary/aromatic N) is 1. The Morgan fingerprint density at radius 3 is 2.67 bits per heavy atom. The molecular weight excluding hydrogens is 268 g/mol. The van der Waals surface area contributed by atoms with Gasteiger partial charge >= 0.3 is 0 Å². The van der Waals surface area contributed by atoms with Gasteiger partial charge in [-0.15, -0.1) is 0 Å². The van der Waals surface area contributed by atoms with Gasteiger partial charge in [0, 0.05) is 39.1 Å². The number of hydrogen-bond acceptors (Lipinski definition) is 5. The lowest BCUT2D eigenvalue weighted by Crippen LogP contribution is -2.43. The van der Waals surface area contributed by atoms with Gasteiger partial charge in [-0.05, 0) is 38.3 Å². The van der Waals surface area contributed by atoms with Crippen molar-refractivity contribution in [2.24, 2.45) is 5.92 Å². The second-order valence-corrected chi connectivity index (χ2v) is 6.74. The molecule has 1 atom stereocenters. The number of ether oxygens (including phenoxy) is 3. The topological polar surface area (TPSA) is 43.0 Å². The maximum Gasteiger partial charge on any atom is 0.168 e. The first-order chi connectivity index (χ1) is 10.3. The Hall–Kier alpha value is -0.200. The molecule has 3 fully saturated rings. The molecule has 5 nitrogen and oxygen atoms in total. The first kappa shape index (κ1) is 15.7. The predicted octanol–water partition coefficient (Wildman–Crippen LogP) is 1.23. The third-order valence-corrected chi connectivity index (χ3v) is 5.24. The van der Waals surface area contributed by atoms with Crippen molar-refractivity contribution in [2.75, 3.05) is 53.1 Å². The van der Waals surface area contributed by atoms with Crippen molar-refractivity contribution in [3.8, 4) is 0 Å². The normalized spacial score (nSPS) is 30.4. The maximum atomic E-state index is 5.79. The molecule has 1 saturated carbocycles. The van der Waals surface area contributed by atoms with Crippen LogP contribution in [0.4, 0.5) is 0 Å². The number of hydrogen-bond donors (Lipinski definition) is 1. The monoisotopic (exact) mass is 298 g/mol. The number of rotatable bonds is 6. The molecule has 0 aromatic heterocycles. The molecule has 2 saturated heterocycles. The second kappa shape index (κ2) is 7.38. The third-order valence-electron chi connectivity index (χ3n) is 5.24. The van der Waals surface area contributed by atoms with Crippen molar-refractivity contribution in [3.05, 3.63) is 0 Å². The predicted molar refractivity (Wildman–Crippen MR) is 81.3 cm³/mol. The Bertz CT molecular complexity index is 311. The van der Waals surface area contributed by atoms with E-state index in [4.69, 9.17) is 14.2 Å². The maximum absolute atomic E-state index is 5.79. The Kier molecular flexibility index (Phi) is 5.51. The van der Waals surface area contributed by atoms with Crippen molar-refractivity contribution in [1.82, 2.24) is 10.2 Å². The van der Waals surface area contributed by atoms with Gasteiger partial charge in [-0.3, -0.25) is 0 Å². The fourth-order valence-electron chi connectivity index (χ4n) is 3.88. The van der Waals surface area contributed by atoms with Crippen LogP contribution in [0.15, 0.2) is 0 Å². The van der Waals surface area contributed by atoms with Crippen LogP contribution in [-0.2, 0) is 14.2 Å². The van der Waals surface area contributed by atoms with Crippen molar-refractivity contribution in [3.63, 3.8) is 0 Å². The highest BCUT2D eigenvalue weighted by molar-refractivity contribution is 4.86. The molecular formula is C16H30N2O3. The molecule has 5 heteroatoms. The fraction of sp³-hybridized carbons (Fsp3) is 1.00. The van der Waals surface area contributed by atoms with E-state index < -0.39 is 0 Å². The number of nitrogens with one attached hydrogen (secondary N) is 1. The standard InChI is InChI=1S/C16H30N2O3/c1-19-9-8-18-7-4-14(13-18)12-17-15-2-5-16(6-3-15)20-10-11-21-16/h14-15,17H,2-13H2,1H3/t14-/m1/s1. The quantitative estimate of drug-likeness (QED) is 0.799. The SMILES string of the molecule is COCCN1CC[C@H](CNC2CCC3(CC2)OCCO3)C1. The second-order valence-electron chi connectivity index (χ2n) is 6.74. The zero-order valence-corrected chi connectivity index (χ0v) is 13.3. The Morgan fingerprint density at radius 1 is 1.19 bits per heavy atom. The number of likely N-dealkylation sites (tertiary alicyclic amines) is 1. The first-order valence-corrected chi connectivity index (χ1v) is 8.52. The lowest BCUT2D eigenvalue weighted by molar-refractivity contribution is -0.179. The van der Waals surface area contributed by atoms with E-state index in [0.29, 0.717) is 6.04 Å². The van der Waals surface area contributed by atoms with Crippen LogP contribution in [0.25, 0.3) is 0 Å². The van der Waals surface area contributed by atoms with E-state index in [1.165, 1.54) is 32.4 Å². The largest absolute Gasteiger partial charge is 0.383 e. The van der Waals surface area contributed by atoms with E-state index in [2.05, 4.69) is 10.2 Å².